The van der Waals surface area contributed by atoms with Crippen molar-refractivity contribution in [1.82, 2.24) is 9.97 Å². The summed E-state index contributed by atoms with van der Waals surface area (Å²) < 4.78 is 0. The Morgan fingerprint density at radius 2 is 2.19 bits per heavy atom. The van der Waals surface area contributed by atoms with Crippen LogP contribution in [0.25, 0.3) is 10.8 Å². The molecule has 2 aromatic rings. The van der Waals surface area contributed by atoms with Crippen molar-refractivity contribution >= 4 is 16.6 Å². The Labute approximate surface area is 92.7 Å². The molecule has 3 rings (SSSR count). The van der Waals surface area contributed by atoms with Gasteiger partial charge in [-0.25, -0.2) is 9.97 Å². The number of aromatic nitrogens is 2. The predicted octanol–water partition coefficient (Wildman–Crippen LogP) is 1.96. The van der Waals surface area contributed by atoms with Crippen LogP contribution in [0.3, 0.4) is 0 Å². The van der Waals surface area contributed by atoms with Gasteiger partial charge < -0.3 is 5.73 Å². The fourth-order valence-electron chi connectivity index (χ4n) is 1.91. The van der Waals surface area contributed by atoms with Crippen LogP contribution in [0.4, 0.5) is 5.82 Å². The zero-order chi connectivity index (χ0) is 11.1. The van der Waals surface area contributed by atoms with Gasteiger partial charge in [-0.05, 0) is 25.0 Å². The molecule has 0 unspecified atom stereocenters. The van der Waals surface area contributed by atoms with Gasteiger partial charge in [0.25, 0.3) is 0 Å². The lowest BCUT2D eigenvalue weighted by atomic mass is 10.1. The quantitative estimate of drug-likeness (QED) is 0.780. The van der Waals surface area contributed by atoms with Crippen molar-refractivity contribution in [2.75, 3.05) is 5.73 Å². The zero-order valence-corrected chi connectivity index (χ0v) is 8.64. The summed E-state index contributed by atoms with van der Waals surface area (Å²) in [6, 6.07) is 5.69. The van der Waals surface area contributed by atoms with Crippen LogP contribution in [-0.4, -0.2) is 9.97 Å². The van der Waals surface area contributed by atoms with Crippen LogP contribution in [0.1, 0.15) is 30.1 Å². The van der Waals surface area contributed by atoms with E-state index in [1.807, 2.05) is 6.07 Å². The molecule has 0 aromatic carbocycles. The van der Waals surface area contributed by atoms with Gasteiger partial charge in [-0.15, -0.1) is 0 Å². The molecule has 1 saturated carbocycles. The van der Waals surface area contributed by atoms with E-state index in [2.05, 4.69) is 16.0 Å². The second kappa shape index (κ2) is 3.17. The number of fused-ring (bicyclic) bond motifs is 1. The third-order valence-electron chi connectivity index (χ3n) is 2.84. The van der Waals surface area contributed by atoms with Crippen molar-refractivity contribution < 1.29 is 0 Å². The van der Waals surface area contributed by atoms with Gasteiger partial charge in [-0.1, -0.05) is 0 Å². The number of nitriles is 1. The maximum Gasteiger partial charge on any atom is 0.141 e. The van der Waals surface area contributed by atoms with E-state index in [4.69, 9.17) is 11.0 Å². The number of hydrogen-bond donors (Lipinski definition) is 1. The smallest absolute Gasteiger partial charge is 0.141 e. The minimum Gasteiger partial charge on any atom is -0.384 e. The first kappa shape index (κ1) is 9.10. The van der Waals surface area contributed by atoms with Crippen molar-refractivity contribution in [2.45, 2.75) is 18.8 Å². The summed E-state index contributed by atoms with van der Waals surface area (Å²) in [4.78, 5) is 8.42. The molecule has 2 N–H and O–H groups in total. The minimum atomic E-state index is 0.459. The zero-order valence-electron chi connectivity index (χ0n) is 8.64. The van der Waals surface area contributed by atoms with Crippen LogP contribution in [0.2, 0.25) is 0 Å². The first-order valence-electron chi connectivity index (χ1n) is 5.24. The molecule has 2 aromatic heterocycles. The number of rotatable bonds is 1. The Kier molecular flexibility index (Phi) is 1.80. The average Bonchev–Trinajstić information content (AvgIpc) is 3.11. The lowest BCUT2D eigenvalue weighted by Crippen LogP contribution is -1.96. The highest BCUT2D eigenvalue weighted by Gasteiger charge is 2.27. The van der Waals surface area contributed by atoms with E-state index in [1.165, 1.54) is 0 Å². The standard InChI is InChI=1S/C12H10N4/c13-5-9-3-8-6-15-11(14)4-10(8)12(16-9)7-1-2-7/h3-4,6-7H,1-2H2,(H2,14,15). The van der Waals surface area contributed by atoms with E-state index in [0.717, 1.165) is 29.3 Å². The van der Waals surface area contributed by atoms with Gasteiger partial charge in [0.2, 0.25) is 0 Å². The van der Waals surface area contributed by atoms with E-state index in [-0.39, 0.29) is 0 Å². The van der Waals surface area contributed by atoms with E-state index in [0.29, 0.717) is 17.4 Å². The summed E-state index contributed by atoms with van der Waals surface area (Å²) in [5, 5.41) is 10.9. The van der Waals surface area contributed by atoms with Gasteiger partial charge >= 0.3 is 0 Å². The lowest BCUT2D eigenvalue weighted by molar-refractivity contribution is 1.03. The molecule has 4 nitrogen and oxygen atoms in total. The molecule has 0 spiro atoms. The maximum absolute atomic E-state index is 8.92. The monoisotopic (exact) mass is 210 g/mol. The second-order valence-electron chi connectivity index (χ2n) is 4.11. The van der Waals surface area contributed by atoms with E-state index < -0.39 is 0 Å². The molecule has 1 aliphatic rings. The Balaban J connectivity index is 2.34. The molecule has 1 fully saturated rings. The molecule has 0 saturated heterocycles. The van der Waals surface area contributed by atoms with Gasteiger partial charge in [0.1, 0.15) is 17.6 Å². The first-order valence-corrected chi connectivity index (χ1v) is 5.24. The molecular formula is C12H10N4. The van der Waals surface area contributed by atoms with Crippen molar-refractivity contribution in [3.63, 3.8) is 0 Å². The number of nitrogen functional groups attached to an aromatic ring is 1. The van der Waals surface area contributed by atoms with E-state index in [9.17, 15) is 0 Å². The highest BCUT2D eigenvalue weighted by Crippen LogP contribution is 2.42. The molecule has 4 heteroatoms. The normalized spacial score (nSPS) is 14.9. The minimum absolute atomic E-state index is 0.459. The summed E-state index contributed by atoms with van der Waals surface area (Å²) in [5.41, 5.74) is 7.14. The first-order chi connectivity index (χ1) is 7.78. The number of hydrogen-bond acceptors (Lipinski definition) is 4. The van der Waals surface area contributed by atoms with Gasteiger partial charge in [0, 0.05) is 22.9 Å². The van der Waals surface area contributed by atoms with Gasteiger partial charge in [0.15, 0.2) is 0 Å². The fraction of sp³-hybridized carbons (Fsp3) is 0.250. The van der Waals surface area contributed by atoms with Crippen LogP contribution in [0.5, 0.6) is 0 Å². The molecule has 0 bridgehead atoms. The van der Waals surface area contributed by atoms with Crippen LogP contribution in [0, 0.1) is 11.3 Å². The van der Waals surface area contributed by atoms with Crippen molar-refractivity contribution in [2.24, 2.45) is 0 Å². The summed E-state index contributed by atoms with van der Waals surface area (Å²) in [5.74, 6) is 0.999. The fourth-order valence-corrected chi connectivity index (χ4v) is 1.91. The van der Waals surface area contributed by atoms with Crippen molar-refractivity contribution in [3.8, 4) is 6.07 Å². The van der Waals surface area contributed by atoms with Gasteiger partial charge in [-0.3, -0.25) is 0 Å². The van der Waals surface area contributed by atoms with Gasteiger partial charge in [0.05, 0.1) is 5.69 Å². The highest BCUT2D eigenvalue weighted by molar-refractivity contribution is 5.87. The van der Waals surface area contributed by atoms with Gasteiger partial charge in [-0.2, -0.15) is 5.26 Å². The van der Waals surface area contributed by atoms with Crippen LogP contribution in [-0.2, 0) is 0 Å². The molecule has 0 radical (unpaired) electrons. The maximum atomic E-state index is 8.92. The van der Waals surface area contributed by atoms with Crippen LogP contribution in [0.15, 0.2) is 18.3 Å². The summed E-state index contributed by atoms with van der Waals surface area (Å²) >= 11 is 0. The Morgan fingerprint density at radius 1 is 1.38 bits per heavy atom. The third-order valence-corrected chi connectivity index (χ3v) is 2.84. The lowest BCUT2D eigenvalue weighted by Gasteiger charge is -2.05. The summed E-state index contributed by atoms with van der Waals surface area (Å²) in [6.07, 6.45) is 4.01. The van der Waals surface area contributed by atoms with E-state index >= 15 is 0 Å². The Hall–Kier alpha value is -2.15. The van der Waals surface area contributed by atoms with Crippen molar-refractivity contribution in [1.29, 1.82) is 5.26 Å². The summed E-state index contributed by atoms with van der Waals surface area (Å²) in [7, 11) is 0. The van der Waals surface area contributed by atoms with E-state index in [1.54, 1.807) is 12.3 Å². The predicted molar refractivity (Wildman–Crippen MR) is 60.6 cm³/mol. The second-order valence-corrected chi connectivity index (χ2v) is 4.11. The molecular weight excluding hydrogens is 200 g/mol. The molecule has 2 heterocycles. The largest absolute Gasteiger partial charge is 0.384 e. The Morgan fingerprint density at radius 3 is 2.88 bits per heavy atom. The molecule has 1 aliphatic carbocycles. The third kappa shape index (κ3) is 1.38. The number of anilines is 1. The van der Waals surface area contributed by atoms with Crippen LogP contribution >= 0.6 is 0 Å². The molecule has 16 heavy (non-hydrogen) atoms. The SMILES string of the molecule is N#Cc1cc2cnc(N)cc2c(C2CC2)n1. The molecule has 78 valence electrons. The molecule has 0 atom stereocenters. The summed E-state index contributed by atoms with van der Waals surface area (Å²) in [6.45, 7) is 0. The number of nitrogens with two attached hydrogens (primary N) is 1. The topological polar surface area (TPSA) is 75.6 Å². The average molecular weight is 210 g/mol. The highest BCUT2D eigenvalue weighted by atomic mass is 14.8. The number of pyridine rings is 2. The number of nitrogens with zero attached hydrogens (tertiary/aromatic N) is 3. The molecule has 0 aliphatic heterocycles. The molecule has 0 amide bonds. The Bertz CT molecular complexity index is 608. The van der Waals surface area contributed by atoms with Crippen LogP contribution < -0.4 is 5.73 Å². The van der Waals surface area contributed by atoms with Crippen molar-refractivity contribution in [3.05, 3.63) is 29.7 Å².